The van der Waals surface area contributed by atoms with E-state index in [0.717, 1.165) is 13.1 Å². The highest BCUT2D eigenvalue weighted by Crippen LogP contribution is 2.10. The van der Waals surface area contributed by atoms with E-state index < -0.39 is 0 Å². The predicted molar refractivity (Wildman–Crippen MR) is 68.6 cm³/mol. The maximum Gasteiger partial charge on any atom is 0.0208 e. The van der Waals surface area contributed by atoms with Crippen molar-refractivity contribution in [2.75, 3.05) is 13.1 Å². The van der Waals surface area contributed by atoms with E-state index in [9.17, 15) is 0 Å². The summed E-state index contributed by atoms with van der Waals surface area (Å²) in [6.07, 6.45) is 2.60. The van der Waals surface area contributed by atoms with Gasteiger partial charge in [0.15, 0.2) is 0 Å². The second-order valence-electron chi connectivity index (χ2n) is 4.84. The SMILES string of the molecule is Cc1ccc(CNC2CCCNC2)cc1C. The van der Waals surface area contributed by atoms with Crippen molar-refractivity contribution in [3.05, 3.63) is 34.9 Å². The average Bonchev–Trinajstić information content (AvgIpc) is 2.32. The Morgan fingerprint density at radius 1 is 1.31 bits per heavy atom. The van der Waals surface area contributed by atoms with E-state index in [-0.39, 0.29) is 0 Å². The highest BCUT2D eigenvalue weighted by atomic mass is 15.0. The Balaban J connectivity index is 1.86. The van der Waals surface area contributed by atoms with E-state index in [1.165, 1.54) is 36.1 Å². The minimum Gasteiger partial charge on any atom is -0.315 e. The van der Waals surface area contributed by atoms with Gasteiger partial charge in [-0.1, -0.05) is 18.2 Å². The lowest BCUT2D eigenvalue weighted by molar-refractivity contribution is 0.389. The van der Waals surface area contributed by atoms with Gasteiger partial charge >= 0.3 is 0 Å². The van der Waals surface area contributed by atoms with Gasteiger partial charge in [-0.3, -0.25) is 0 Å². The minimum absolute atomic E-state index is 0.648. The number of piperidine rings is 1. The van der Waals surface area contributed by atoms with Crippen molar-refractivity contribution in [3.8, 4) is 0 Å². The van der Waals surface area contributed by atoms with Crippen LogP contribution in [0, 0.1) is 13.8 Å². The summed E-state index contributed by atoms with van der Waals surface area (Å²) >= 11 is 0. The molecular formula is C14H22N2. The molecule has 1 aliphatic heterocycles. The van der Waals surface area contributed by atoms with Crippen LogP contribution < -0.4 is 10.6 Å². The van der Waals surface area contributed by atoms with Gasteiger partial charge in [0.05, 0.1) is 0 Å². The molecule has 1 aromatic rings. The highest BCUT2D eigenvalue weighted by molar-refractivity contribution is 5.29. The van der Waals surface area contributed by atoms with Crippen LogP contribution in [0.2, 0.25) is 0 Å². The number of nitrogens with one attached hydrogen (secondary N) is 2. The molecule has 1 unspecified atom stereocenters. The molecular weight excluding hydrogens is 196 g/mol. The van der Waals surface area contributed by atoms with Crippen LogP contribution in [-0.2, 0) is 6.54 Å². The van der Waals surface area contributed by atoms with Crippen LogP contribution in [0.25, 0.3) is 0 Å². The molecule has 1 heterocycles. The molecule has 0 amide bonds. The van der Waals surface area contributed by atoms with Gasteiger partial charge in [0, 0.05) is 19.1 Å². The fourth-order valence-corrected chi connectivity index (χ4v) is 2.20. The van der Waals surface area contributed by atoms with Gasteiger partial charge < -0.3 is 10.6 Å². The van der Waals surface area contributed by atoms with Crippen LogP contribution in [0.5, 0.6) is 0 Å². The van der Waals surface area contributed by atoms with E-state index in [1.807, 2.05) is 0 Å². The molecule has 0 radical (unpaired) electrons. The molecule has 1 aromatic carbocycles. The quantitative estimate of drug-likeness (QED) is 0.812. The zero-order valence-corrected chi connectivity index (χ0v) is 10.3. The number of hydrogen-bond acceptors (Lipinski definition) is 2. The van der Waals surface area contributed by atoms with E-state index in [2.05, 4.69) is 42.7 Å². The molecule has 16 heavy (non-hydrogen) atoms. The molecule has 1 fully saturated rings. The molecule has 0 aliphatic carbocycles. The first-order valence-electron chi connectivity index (χ1n) is 6.26. The smallest absolute Gasteiger partial charge is 0.0208 e. The number of hydrogen-bond donors (Lipinski definition) is 2. The minimum atomic E-state index is 0.648. The summed E-state index contributed by atoms with van der Waals surface area (Å²) in [6.45, 7) is 7.64. The Morgan fingerprint density at radius 2 is 2.19 bits per heavy atom. The molecule has 1 saturated heterocycles. The van der Waals surface area contributed by atoms with Crippen molar-refractivity contribution < 1.29 is 0 Å². The Hall–Kier alpha value is -0.860. The number of aryl methyl sites for hydroxylation is 2. The van der Waals surface area contributed by atoms with Crippen LogP contribution in [0.1, 0.15) is 29.5 Å². The molecule has 2 nitrogen and oxygen atoms in total. The van der Waals surface area contributed by atoms with E-state index in [4.69, 9.17) is 0 Å². The number of rotatable bonds is 3. The summed E-state index contributed by atoms with van der Waals surface area (Å²) < 4.78 is 0. The first-order chi connectivity index (χ1) is 7.75. The van der Waals surface area contributed by atoms with E-state index in [0.29, 0.717) is 6.04 Å². The van der Waals surface area contributed by atoms with Gasteiger partial charge in [0.1, 0.15) is 0 Å². The van der Waals surface area contributed by atoms with Gasteiger partial charge in [-0.25, -0.2) is 0 Å². The Morgan fingerprint density at radius 3 is 2.88 bits per heavy atom. The molecule has 2 N–H and O–H groups in total. The fourth-order valence-electron chi connectivity index (χ4n) is 2.20. The predicted octanol–water partition coefficient (Wildman–Crippen LogP) is 2.15. The summed E-state index contributed by atoms with van der Waals surface area (Å²) in [6, 6.07) is 7.38. The average molecular weight is 218 g/mol. The zero-order valence-electron chi connectivity index (χ0n) is 10.3. The van der Waals surface area contributed by atoms with E-state index >= 15 is 0 Å². The van der Waals surface area contributed by atoms with Gasteiger partial charge in [0.25, 0.3) is 0 Å². The zero-order chi connectivity index (χ0) is 11.4. The molecule has 1 atom stereocenters. The Labute approximate surface area is 98.4 Å². The monoisotopic (exact) mass is 218 g/mol. The third kappa shape index (κ3) is 3.06. The van der Waals surface area contributed by atoms with Crippen LogP contribution in [-0.4, -0.2) is 19.1 Å². The lowest BCUT2D eigenvalue weighted by Crippen LogP contribution is -2.42. The molecule has 0 aromatic heterocycles. The van der Waals surface area contributed by atoms with Gasteiger partial charge in [-0.05, 0) is 49.9 Å². The second kappa shape index (κ2) is 5.46. The molecule has 1 aliphatic rings. The standard InChI is InChI=1S/C14H22N2/c1-11-5-6-13(8-12(11)2)9-16-14-4-3-7-15-10-14/h5-6,8,14-16H,3-4,7,9-10H2,1-2H3. The number of benzene rings is 1. The van der Waals surface area contributed by atoms with Crippen LogP contribution in [0.15, 0.2) is 18.2 Å². The third-order valence-corrected chi connectivity index (χ3v) is 3.46. The summed E-state index contributed by atoms with van der Waals surface area (Å²) in [4.78, 5) is 0. The second-order valence-corrected chi connectivity index (χ2v) is 4.84. The van der Waals surface area contributed by atoms with Gasteiger partial charge in [0.2, 0.25) is 0 Å². The fraction of sp³-hybridized carbons (Fsp3) is 0.571. The van der Waals surface area contributed by atoms with Crippen LogP contribution in [0.3, 0.4) is 0 Å². The maximum atomic E-state index is 3.62. The lowest BCUT2D eigenvalue weighted by Gasteiger charge is -2.24. The Kier molecular flexibility index (Phi) is 3.97. The molecule has 2 heteroatoms. The first kappa shape index (κ1) is 11.6. The Bertz CT molecular complexity index is 341. The van der Waals surface area contributed by atoms with Crippen molar-refractivity contribution in [2.45, 2.75) is 39.3 Å². The van der Waals surface area contributed by atoms with Crippen molar-refractivity contribution in [1.82, 2.24) is 10.6 Å². The highest BCUT2D eigenvalue weighted by Gasteiger charge is 2.11. The lowest BCUT2D eigenvalue weighted by atomic mass is 10.0. The van der Waals surface area contributed by atoms with Crippen LogP contribution in [0.4, 0.5) is 0 Å². The third-order valence-electron chi connectivity index (χ3n) is 3.46. The van der Waals surface area contributed by atoms with Crippen molar-refractivity contribution >= 4 is 0 Å². The van der Waals surface area contributed by atoms with E-state index in [1.54, 1.807) is 0 Å². The summed E-state index contributed by atoms with van der Waals surface area (Å²) in [7, 11) is 0. The van der Waals surface area contributed by atoms with Gasteiger partial charge in [-0.2, -0.15) is 0 Å². The topological polar surface area (TPSA) is 24.1 Å². The first-order valence-corrected chi connectivity index (χ1v) is 6.26. The molecule has 88 valence electrons. The van der Waals surface area contributed by atoms with Crippen molar-refractivity contribution in [1.29, 1.82) is 0 Å². The van der Waals surface area contributed by atoms with Crippen molar-refractivity contribution in [3.63, 3.8) is 0 Å². The van der Waals surface area contributed by atoms with Crippen molar-refractivity contribution in [2.24, 2.45) is 0 Å². The molecule has 0 spiro atoms. The summed E-state index contributed by atoms with van der Waals surface area (Å²) in [5, 5.41) is 7.05. The summed E-state index contributed by atoms with van der Waals surface area (Å²) in [5.74, 6) is 0. The van der Waals surface area contributed by atoms with Gasteiger partial charge in [-0.15, -0.1) is 0 Å². The largest absolute Gasteiger partial charge is 0.315 e. The summed E-state index contributed by atoms with van der Waals surface area (Å²) in [5.41, 5.74) is 4.16. The normalized spacial score (nSPS) is 21.0. The maximum absolute atomic E-state index is 3.62. The molecule has 0 saturated carbocycles. The van der Waals surface area contributed by atoms with Crippen LogP contribution >= 0.6 is 0 Å². The molecule has 2 rings (SSSR count). The molecule has 0 bridgehead atoms.